The zero-order chi connectivity index (χ0) is 18.9. The van der Waals surface area contributed by atoms with Gasteiger partial charge in [-0.05, 0) is 38.1 Å². The van der Waals surface area contributed by atoms with Crippen molar-refractivity contribution in [3.8, 4) is 0 Å². The van der Waals surface area contributed by atoms with Crippen LogP contribution in [0.5, 0.6) is 0 Å². The van der Waals surface area contributed by atoms with Crippen molar-refractivity contribution in [2.24, 2.45) is 0 Å². The van der Waals surface area contributed by atoms with E-state index in [9.17, 15) is 18.0 Å². The van der Waals surface area contributed by atoms with E-state index in [1.54, 1.807) is 36.4 Å². The molecule has 0 bridgehead atoms. The molecule has 0 aliphatic carbocycles. The van der Waals surface area contributed by atoms with Gasteiger partial charge >= 0.3 is 0 Å². The first-order chi connectivity index (χ1) is 12.3. The summed E-state index contributed by atoms with van der Waals surface area (Å²) < 4.78 is 24.6. The van der Waals surface area contributed by atoms with Crippen LogP contribution in [-0.4, -0.2) is 26.3 Å². The Balaban J connectivity index is 1.71. The van der Waals surface area contributed by atoms with Crippen LogP contribution in [0.2, 0.25) is 0 Å². The smallest absolute Gasteiger partial charge is 0.253 e. The number of hydrazine groups is 1. The molecule has 0 saturated carbocycles. The number of benzene rings is 2. The van der Waals surface area contributed by atoms with Gasteiger partial charge in [-0.3, -0.25) is 9.59 Å². The van der Waals surface area contributed by atoms with Crippen LogP contribution in [-0.2, 0) is 19.6 Å². The highest BCUT2D eigenvalue weighted by Crippen LogP contribution is 2.23. The predicted molar refractivity (Wildman–Crippen MR) is 96.7 cm³/mol. The number of nitrogens with zero attached hydrogens (tertiary/aromatic N) is 1. The van der Waals surface area contributed by atoms with Gasteiger partial charge in [-0.25, -0.2) is 18.7 Å². The number of hydrogen-bond acceptors (Lipinski definition) is 5. The molecule has 1 saturated heterocycles. The molecule has 136 valence electrons. The average Bonchev–Trinajstić information content (AvgIpc) is 2.88. The summed E-state index contributed by atoms with van der Waals surface area (Å²) in [5.74, 6) is -0.878. The van der Waals surface area contributed by atoms with Crippen molar-refractivity contribution in [1.82, 2.24) is 10.3 Å². The van der Waals surface area contributed by atoms with Crippen LogP contribution in [0, 0.1) is 13.8 Å². The fraction of sp³-hybridized carbons (Fsp3) is 0.222. The summed E-state index contributed by atoms with van der Waals surface area (Å²) >= 11 is 0. The van der Waals surface area contributed by atoms with Crippen LogP contribution in [0.15, 0.2) is 53.4 Å². The third kappa shape index (κ3) is 3.67. The minimum atomic E-state index is -3.84. The van der Waals surface area contributed by atoms with Gasteiger partial charge in [0.15, 0.2) is 0 Å². The van der Waals surface area contributed by atoms with Crippen molar-refractivity contribution in [2.75, 3.05) is 4.90 Å². The minimum Gasteiger partial charge on any atom is -0.274 e. The molecule has 0 radical (unpaired) electrons. The summed E-state index contributed by atoms with van der Waals surface area (Å²) in [6.07, 6.45) is -0.122. The molecule has 8 heteroatoms. The lowest BCUT2D eigenvalue weighted by Crippen LogP contribution is -2.48. The Morgan fingerprint density at radius 2 is 1.46 bits per heavy atom. The van der Waals surface area contributed by atoms with E-state index in [1.165, 1.54) is 12.1 Å². The standard InChI is InChI=1S/C18H19N3O4S/c1-12-3-7-14(8-4-12)21-17(22)11-16(18(21)23)19-20-26(24,25)15-9-5-13(2)6-10-15/h3-10,16,19-20H,11H2,1-2H3/t16-/m1/s1. The highest BCUT2D eigenvalue weighted by atomic mass is 32.2. The number of amides is 2. The van der Waals surface area contributed by atoms with E-state index < -0.39 is 22.0 Å². The number of nitrogens with one attached hydrogen (secondary N) is 2. The van der Waals surface area contributed by atoms with Crippen LogP contribution < -0.4 is 15.2 Å². The number of anilines is 1. The van der Waals surface area contributed by atoms with Gasteiger partial charge < -0.3 is 0 Å². The van der Waals surface area contributed by atoms with Crippen molar-refractivity contribution in [1.29, 1.82) is 0 Å². The summed E-state index contributed by atoms with van der Waals surface area (Å²) in [7, 11) is -3.84. The Kier molecular flexibility index (Phi) is 4.90. The summed E-state index contributed by atoms with van der Waals surface area (Å²) in [6.45, 7) is 3.76. The fourth-order valence-corrected chi connectivity index (χ4v) is 3.54. The van der Waals surface area contributed by atoms with Crippen molar-refractivity contribution in [3.05, 3.63) is 59.7 Å². The molecule has 2 aromatic carbocycles. The van der Waals surface area contributed by atoms with Gasteiger partial charge in [-0.1, -0.05) is 35.4 Å². The predicted octanol–water partition coefficient (Wildman–Crippen LogP) is 1.42. The lowest BCUT2D eigenvalue weighted by atomic mass is 10.2. The quantitative estimate of drug-likeness (QED) is 0.610. The van der Waals surface area contributed by atoms with Gasteiger partial charge in [0.05, 0.1) is 17.0 Å². The van der Waals surface area contributed by atoms with E-state index in [2.05, 4.69) is 10.3 Å². The fourth-order valence-electron chi connectivity index (χ4n) is 2.63. The topological polar surface area (TPSA) is 95.6 Å². The summed E-state index contributed by atoms with van der Waals surface area (Å²) in [6, 6.07) is 12.3. The number of rotatable bonds is 5. The number of sulfonamides is 1. The first-order valence-electron chi connectivity index (χ1n) is 8.05. The van der Waals surface area contributed by atoms with E-state index in [1.807, 2.05) is 13.8 Å². The van der Waals surface area contributed by atoms with Crippen LogP contribution in [0.3, 0.4) is 0 Å². The Morgan fingerprint density at radius 1 is 0.923 bits per heavy atom. The van der Waals surface area contributed by atoms with Gasteiger partial charge in [-0.15, -0.1) is 4.83 Å². The maximum Gasteiger partial charge on any atom is 0.253 e. The molecule has 1 atom stereocenters. The van der Waals surface area contributed by atoms with E-state index >= 15 is 0 Å². The molecule has 1 heterocycles. The van der Waals surface area contributed by atoms with Gasteiger partial charge in [0.2, 0.25) is 5.91 Å². The van der Waals surface area contributed by atoms with E-state index in [4.69, 9.17) is 0 Å². The van der Waals surface area contributed by atoms with Crippen LogP contribution in [0.4, 0.5) is 5.69 Å². The molecule has 0 aromatic heterocycles. The highest BCUT2D eigenvalue weighted by molar-refractivity contribution is 7.89. The number of aryl methyl sites for hydroxylation is 2. The Labute approximate surface area is 152 Å². The van der Waals surface area contributed by atoms with Crippen LogP contribution in [0.1, 0.15) is 17.5 Å². The maximum absolute atomic E-state index is 12.5. The molecule has 0 spiro atoms. The average molecular weight is 373 g/mol. The van der Waals surface area contributed by atoms with Crippen molar-refractivity contribution in [2.45, 2.75) is 31.2 Å². The summed E-state index contributed by atoms with van der Waals surface area (Å²) in [5.41, 5.74) is 4.89. The maximum atomic E-state index is 12.5. The summed E-state index contributed by atoms with van der Waals surface area (Å²) in [4.78, 5) is 28.0. The third-order valence-electron chi connectivity index (χ3n) is 4.14. The molecule has 1 fully saturated rings. The molecule has 0 unspecified atom stereocenters. The van der Waals surface area contributed by atoms with Gasteiger partial charge in [0.25, 0.3) is 15.9 Å². The van der Waals surface area contributed by atoms with E-state index in [0.717, 1.165) is 16.0 Å². The van der Waals surface area contributed by atoms with Crippen molar-refractivity contribution in [3.63, 3.8) is 0 Å². The number of hydrogen-bond donors (Lipinski definition) is 2. The van der Waals surface area contributed by atoms with Gasteiger partial charge in [-0.2, -0.15) is 0 Å². The van der Waals surface area contributed by atoms with E-state index in [0.29, 0.717) is 5.69 Å². The zero-order valence-electron chi connectivity index (χ0n) is 14.4. The molecule has 1 aliphatic rings. The second-order valence-electron chi connectivity index (χ2n) is 6.22. The van der Waals surface area contributed by atoms with Gasteiger partial charge in [0, 0.05) is 0 Å². The molecule has 3 rings (SSSR count). The molecule has 2 aromatic rings. The monoisotopic (exact) mass is 373 g/mol. The Morgan fingerprint density at radius 3 is 2.04 bits per heavy atom. The Hall–Kier alpha value is -2.55. The molecular weight excluding hydrogens is 354 g/mol. The zero-order valence-corrected chi connectivity index (χ0v) is 15.2. The molecule has 1 aliphatic heterocycles. The second kappa shape index (κ2) is 6.99. The molecule has 26 heavy (non-hydrogen) atoms. The first kappa shape index (κ1) is 18.2. The lowest BCUT2D eigenvalue weighted by molar-refractivity contribution is -0.121. The highest BCUT2D eigenvalue weighted by Gasteiger charge is 2.40. The summed E-state index contributed by atoms with van der Waals surface area (Å²) in [5, 5.41) is 0. The third-order valence-corrected chi connectivity index (χ3v) is 5.42. The molecule has 2 N–H and O–H groups in total. The van der Waals surface area contributed by atoms with E-state index in [-0.39, 0.29) is 17.2 Å². The normalized spacial score (nSPS) is 17.8. The Bertz CT molecular complexity index is 937. The van der Waals surface area contributed by atoms with Gasteiger partial charge in [0.1, 0.15) is 6.04 Å². The second-order valence-corrected chi connectivity index (χ2v) is 7.90. The number of imide groups is 1. The minimum absolute atomic E-state index is 0.0720. The number of carbonyl (C=O) groups excluding carboxylic acids is 2. The largest absolute Gasteiger partial charge is 0.274 e. The van der Waals surface area contributed by atoms with Crippen molar-refractivity contribution >= 4 is 27.5 Å². The molecule has 7 nitrogen and oxygen atoms in total. The molecular formula is C18H19N3O4S. The SMILES string of the molecule is Cc1ccc(N2C(=O)C[C@@H](NNS(=O)(=O)c3ccc(C)cc3)C2=O)cc1. The first-order valence-corrected chi connectivity index (χ1v) is 9.54. The van der Waals surface area contributed by atoms with Crippen molar-refractivity contribution < 1.29 is 18.0 Å². The number of carbonyl (C=O) groups is 2. The van der Waals surface area contributed by atoms with Crippen LogP contribution >= 0.6 is 0 Å². The van der Waals surface area contributed by atoms with Crippen LogP contribution in [0.25, 0.3) is 0 Å². The molecule has 2 amide bonds. The lowest BCUT2D eigenvalue weighted by Gasteiger charge is -2.16.